The van der Waals surface area contributed by atoms with Gasteiger partial charge in [0.2, 0.25) is 5.91 Å². The number of carbonyl (C=O) groups excluding carboxylic acids is 1. The second-order valence-electron chi connectivity index (χ2n) is 9.03. The highest BCUT2D eigenvalue weighted by atomic mass is 35.5. The number of halogens is 2. The maximum absolute atomic E-state index is 12.6. The number of aromatic nitrogens is 3. The van der Waals surface area contributed by atoms with E-state index in [4.69, 9.17) is 27.9 Å². The van der Waals surface area contributed by atoms with Crippen LogP contribution in [0.15, 0.2) is 66.9 Å². The molecule has 0 saturated carbocycles. The fourth-order valence-corrected chi connectivity index (χ4v) is 4.96. The summed E-state index contributed by atoms with van der Waals surface area (Å²) in [4.78, 5) is 19.0. The van der Waals surface area contributed by atoms with E-state index in [0.29, 0.717) is 24.2 Å². The highest BCUT2D eigenvalue weighted by Gasteiger charge is 2.30. The fourth-order valence-electron chi connectivity index (χ4n) is 4.47. The number of phenolic OH excluding ortho intramolecular Hbond substituents is 1. The molecule has 0 radical (unpaired) electrons. The monoisotopic (exact) mass is 549 g/mol. The number of aromatic hydroxyl groups is 1. The molecule has 5 rings (SSSR count). The van der Waals surface area contributed by atoms with Crippen LogP contribution in [0.25, 0.3) is 11.3 Å². The molecule has 1 amide bonds. The van der Waals surface area contributed by atoms with E-state index >= 15 is 0 Å². The first-order valence-corrected chi connectivity index (χ1v) is 12.8. The smallest absolute Gasteiger partial charge is 0.336 e. The average Bonchev–Trinajstić information content (AvgIpc) is 2.94. The van der Waals surface area contributed by atoms with Crippen molar-refractivity contribution in [2.45, 2.75) is 32.2 Å². The predicted octanol–water partition coefficient (Wildman–Crippen LogP) is 4.80. The number of ether oxygens (including phenoxy) is 1. The van der Waals surface area contributed by atoms with Crippen molar-refractivity contribution >= 4 is 29.1 Å². The molecule has 1 unspecified atom stereocenters. The Kier molecular flexibility index (Phi) is 7.74. The lowest BCUT2D eigenvalue weighted by molar-refractivity contribution is -0.126. The minimum Gasteiger partial charge on any atom is -0.505 e. The van der Waals surface area contributed by atoms with Crippen LogP contribution in [-0.4, -0.2) is 44.2 Å². The summed E-state index contributed by atoms with van der Waals surface area (Å²) in [6.07, 6.45) is 2.20. The Labute approximate surface area is 230 Å². The van der Waals surface area contributed by atoms with Gasteiger partial charge in [-0.2, -0.15) is 0 Å². The van der Waals surface area contributed by atoms with Crippen molar-refractivity contribution in [1.82, 2.24) is 25.4 Å². The van der Waals surface area contributed by atoms with E-state index in [9.17, 15) is 9.90 Å². The first-order valence-electron chi connectivity index (χ1n) is 12.0. The van der Waals surface area contributed by atoms with Crippen LogP contribution < -0.4 is 10.1 Å². The third-order valence-corrected chi connectivity index (χ3v) is 7.10. The van der Waals surface area contributed by atoms with Crippen molar-refractivity contribution < 1.29 is 14.6 Å². The first kappa shape index (κ1) is 25.9. The van der Waals surface area contributed by atoms with Gasteiger partial charge >= 0.3 is 6.01 Å². The van der Waals surface area contributed by atoms with Gasteiger partial charge in [0.05, 0.1) is 22.3 Å². The number of benzene rings is 3. The third-order valence-electron chi connectivity index (χ3n) is 6.52. The molecule has 1 aliphatic heterocycles. The topological polar surface area (TPSA) is 100 Å². The van der Waals surface area contributed by atoms with Gasteiger partial charge in [-0.1, -0.05) is 76.8 Å². The molecule has 10 heteroatoms. The van der Waals surface area contributed by atoms with Crippen LogP contribution >= 0.6 is 23.2 Å². The zero-order chi connectivity index (χ0) is 26.6. The van der Waals surface area contributed by atoms with Gasteiger partial charge in [-0.3, -0.25) is 9.69 Å². The summed E-state index contributed by atoms with van der Waals surface area (Å²) < 4.78 is 5.70. The van der Waals surface area contributed by atoms with Crippen LogP contribution in [0.3, 0.4) is 0 Å². The normalized spacial score (nSPS) is 15.1. The number of likely N-dealkylation sites (N-methyl/N-ethyl adjacent to an activating group) is 1. The molecule has 4 aromatic rings. The van der Waals surface area contributed by atoms with Crippen LogP contribution in [0, 0.1) is 0 Å². The Balaban J connectivity index is 1.21. The minimum atomic E-state index is -0.209. The number of phenols is 1. The number of hydrogen-bond acceptors (Lipinski definition) is 7. The molecule has 194 valence electrons. The molecule has 3 aromatic carbocycles. The quantitative estimate of drug-likeness (QED) is 0.341. The molecule has 1 aromatic heterocycles. The van der Waals surface area contributed by atoms with Gasteiger partial charge in [0, 0.05) is 25.7 Å². The standard InChI is InChI=1S/C28H25Cl2N5O3/c1-31-27(37)25-12-19-4-2-3-5-20(19)15-35(25)14-17-6-8-18(9-7-17)16-38-28-32-13-24(33-34-28)21-10-22(29)26(36)23(30)11-21/h2-11,13,25,36H,12,14-16H2,1H3,(H,31,37). The Morgan fingerprint density at radius 2 is 1.74 bits per heavy atom. The summed E-state index contributed by atoms with van der Waals surface area (Å²) in [5, 5.41) is 20.9. The molecule has 0 saturated heterocycles. The molecule has 0 spiro atoms. The second kappa shape index (κ2) is 11.3. The maximum atomic E-state index is 12.6. The van der Waals surface area contributed by atoms with Crippen LogP contribution in [0.1, 0.15) is 22.3 Å². The summed E-state index contributed by atoms with van der Waals surface area (Å²) >= 11 is 12.0. The van der Waals surface area contributed by atoms with Crippen molar-refractivity contribution in [1.29, 1.82) is 0 Å². The van der Waals surface area contributed by atoms with Crippen molar-refractivity contribution in [3.8, 4) is 23.0 Å². The number of hydrogen-bond donors (Lipinski definition) is 2. The van der Waals surface area contributed by atoms with Gasteiger partial charge in [0.1, 0.15) is 12.3 Å². The molecular formula is C28H25Cl2N5O3. The Hall–Kier alpha value is -3.72. The van der Waals surface area contributed by atoms with Crippen LogP contribution in [0.2, 0.25) is 10.0 Å². The zero-order valence-corrected chi connectivity index (χ0v) is 22.1. The maximum Gasteiger partial charge on any atom is 0.336 e. The lowest BCUT2D eigenvalue weighted by Crippen LogP contribution is -2.49. The van der Waals surface area contributed by atoms with Crippen LogP contribution in [-0.2, 0) is 30.9 Å². The molecule has 2 N–H and O–H groups in total. The van der Waals surface area contributed by atoms with E-state index in [1.807, 2.05) is 36.4 Å². The van der Waals surface area contributed by atoms with E-state index in [2.05, 4.69) is 37.5 Å². The highest BCUT2D eigenvalue weighted by molar-refractivity contribution is 6.37. The van der Waals surface area contributed by atoms with Gasteiger partial charge < -0.3 is 15.2 Å². The average molecular weight is 550 g/mol. The number of nitrogens with one attached hydrogen (secondary N) is 1. The van der Waals surface area contributed by atoms with Gasteiger partial charge in [0.15, 0.2) is 5.75 Å². The fraction of sp³-hybridized carbons (Fsp3) is 0.214. The Bertz CT molecular complexity index is 1430. The Morgan fingerprint density at radius 1 is 1.05 bits per heavy atom. The molecule has 8 nitrogen and oxygen atoms in total. The molecule has 0 aliphatic carbocycles. The highest BCUT2D eigenvalue weighted by Crippen LogP contribution is 2.35. The minimum absolute atomic E-state index is 0.0285. The van der Waals surface area contributed by atoms with Crippen molar-refractivity contribution in [2.24, 2.45) is 0 Å². The molecule has 0 bridgehead atoms. The van der Waals surface area contributed by atoms with Crippen molar-refractivity contribution in [3.05, 3.63) is 99.2 Å². The van der Waals surface area contributed by atoms with Crippen molar-refractivity contribution in [2.75, 3.05) is 7.05 Å². The number of nitrogens with zero attached hydrogens (tertiary/aromatic N) is 4. The van der Waals surface area contributed by atoms with E-state index in [1.165, 1.54) is 29.5 Å². The second-order valence-corrected chi connectivity index (χ2v) is 9.84. The summed E-state index contributed by atoms with van der Waals surface area (Å²) in [7, 11) is 1.68. The third kappa shape index (κ3) is 5.72. The number of rotatable bonds is 7. The summed E-state index contributed by atoms with van der Waals surface area (Å²) in [5.74, 6) is -0.155. The lowest BCUT2D eigenvalue weighted by atomic mass is 9.93. The van der Waals surface area contributed by atoms with E-state index in [1.54, 1.807) is 7.05 Å². The van der Waals surface area contributed by atoms with E-state index in [0.717, 1.165) is 17.7 Å². The molecule has 2 heterocycles. The zero-order valence-electron chi connectivity index (χ0n) is 20.6. The van der Waals surface area contributed by atoms with Gasteiger partial charge in [-0.25, -0.2) is 4.98 Å². The lowest BCUT2D eigenvalue weighted by Gasteiger charge is -2.35. The number of amides is 1. The molecule has 1 aliphatic rings. The Morgan fingerprint density at radius 3 is 2.39 bits per heavy atom. The van der Waals surface area contributed by atoms with Crippen molar-refractivity contribution in [3.63, 3.8) is 0 Å². The number of fused-ring (bicyclic) bond motifs is 1. The van der Waals surface area contributed by atoms with E-state index < -0.39 is 0 Å². The number of carbonyl (C=O) groups is 1. The molecule has 1 atom stereocenters. The van der Waals surface area contributed by atoms with Crippen LogP contribution in [0.4, 0.5) is 0 Å². The van der Waals surface area contributed by atoms with Gasteiger partial charge in [-0.15, -0.1) is 5.10 Å². The largest absolute Gasteiger partial charge is 0.505 e. The predicted molar refractivity (Wildman–Crippen MR) is 145 cm³/mol. The van der Waals surface area contributed by atoms with E-state index in [-0.39, 0.29) is 40.4 Å². The van der Waals surface area contributed by atoms with Gasteiger partial charge in [-0.05, 0) is 40.8 Å². The van der Waals surface area contributed by atoms with Crippen LogP contribution in [0.5, 0.6) is 11.8 Å². The molecule has 38 heavy (non-hydrogen) atoms. The molecule has 0 fully saturated rings. The SMILES string of the molecule is CNC(=O)C1Cc2ccccc2CN1Cc1ccc(COc2ncc(-c3cc(Cl)c(O)c(Cl)c3)nn2)cc1. The van der Waals surface area contributed by atoms with Gasteiger partial charge in [0.25, 0.3) is 0 Å². The first-order chi connectivity index (χ1) is 18.4. The molecular weight excluding hydrogens is 525 g/mol. The summed E-state index contributed by atoms with van der Waals surface area (Å²) in [6.45, 7) is 1.66. The summed E-state index contributed by atoms with van der Waals surface area (Å²) in [6, 6.07) is 19.4. The summed E-state index contributed by atoms with van der Waals surface area (Å²) in [5.41, 5.74) is 5.57.